The minimum atomic E-state index is 0.623. The molecule has 0 saturated carbocycles. The highest BCUT2D eigenvalue weighted by molar-refractivity contribution is 5.63. The molecule has 5 heteroatoms. The van der Waals surface area contributed by atoms with E-state index in [1.165, 1.54) is 0 Å². The van der Waals surface area contributed by atoms with Crippen molar-refractivity contribution in [3.8, 4) is 11.3 Å². The predicted molar refractivity (Wildman–Crippen MR) is 99.0 cm³/mol. The van der Waals surface area contributed by atoms with Gasteiger partial charge in [0.25, 0.3) is 0 Å². The minimum absolute atomic E-state index is 0.623. The van der Waals surface area contributed by atoms with E-state index in [-0.39, 0.29) is 0 Å². The van der Waals surface area contributed by atoms with E-state index in [0.29, 0.717) is 6.42 Å². The van der Waals surface area contributed by atoms with Gasteiger partial charge in [-0.1, -0.05) is 18.7 Å². The smallest absolute Gasteiger partial charge is 0.125 e. The van der Waals surface area contributed by atoms with E-state index < -0.39 is 0 Å². The van der Waals surface area contributed by atoms with Crippen LogP contribution < -0.4 is 5.32 Å². The van der Waals surface area contributed by atoms with Gasteiger partial charge in [-0.05, 0) is 32.0 Å². The Morgan fingerprint density at radius 1 is 1.08 bits per heavy atom. The second-order valence-electron chi connectivity index (χ2n) is 5.68. The van der Waals surface area contributed by atoms with E-state index in [1.54, 1.807) is 18.6 Å². The predicted octanol–water partition coefficient (Wildman–Crippen LogP) is 3.87. The summed E-state index contributed by atoms with van der Waals surface area (Å²) in [6.07, 6.45) is 5.89. The number of aryl methyl sites for hydroxylation is 2. The Morgan fingerprint density at radius 2 is 1.88 bits per heavy atom. The molecule has 2 aromatic heterocycles. The molecule has 1 aromatic carbocycles. The van der Waals surface area contributed by atoms with Gasteiger partial charge in [0.05, 0.1) is 29.0 Å². The number of aromatic nitrogens is 4. The Kier molecular flexibility index (Phi) is 4.97. The quantitative estimate of drug-likeness (QED) is 0.720. The number of nitrogens with one attached hydrogen (secondary N) is 1. The van der Waals surface area contributed by atoms with Gasteiger partial charge in [-0.25, -0.2) is 15.0 Å². The van der Waals surface area contributed by atoms with E-state index in [0.717, 1.165) is 39.9 Å². The highest BCUT2D eigenvalue weighted by Gasteiger charge is 2.04. The molecule has 25 heavy (non-hydrogen) atoms. The molecule has 3 aromatic rings. The molecule has 1 N–H and O–H groups in total. The number of benzene rings is 1. The van der Waals surface area contributed by atoms with Crippen molar-refractivity contribution in [3.05, 3.63) is 84.1 Å². The van der Waals surface area contributed by atoms with Gasteiger partial charge < -0.3 is 5.32 Å². The molecule has 0 radical (unpaired) electrons. The molecule has 0 aliphatic rings. The van der Waals surface area contributed by atoms with Crippen LogP contribution in [0.15, 0.2) is 66.9 Å². The number of hydrogen-bond acceptors (Lipinski definition) is 5. The van der Waals surface area contributed by atoms with E-state index in [9.17, 15) is 0 Å². The van der Waals surface area contributed by atoms with Gasteiger partial charge in [-0.3, -0.25) is 4.98 Å². The van der Waals surface area contributed by atoms with Crippen LogP contribution in [0.4, 0.5) is 5.69 Å². The van der Waals surface area contributed by atoms with Gasteiger partial charge >= 0.3 is 0 Å². The first-order valence-corrected chi connectivity index (χ1v) is 7.97. The van der Waals surface area contributed by atoms with Crippen molar-refractivity contribution in [1.29, 1.82) is 0 Å². The zero-order valence-electron chi connectivity index (χ0n) is 14.3. The van der Waals surface area contributed by atoms with Crippen LogP contribution in [-0.2, 0) is 6.42 Å². The second-order valence-corrected chi connectivity index (χ2v) is 5.68. The molecule has 3 rings (SSSR count). The summed E-state index contributed by atoms with van der Waals surface area (Å²) >= 11 is 0. The molecule has 2 heterocycles. The molecule has 0 amide bonds. The molecule has 0 aliphatic heterocycles. The van der Waals surface area contributed by atoms with Crippen LogP contribution in [0.1, 0.15) is 17.2 Å². The largest absolute Gasteiger partial charge is 0.352 e. The molecule has 0 saturated heterocycles. The van der Waals surface area contributed by atoms with Gasteiger partial charge in [-0.2, -0.15) is 0 Å². The molecule has 0 aliphatic carbocycles. The Hall–Kier alpha value is -3.30. The van der Waals surface area contributed by atoms with Crippen molar-refractivity contribution in [2.75, 3.05) is 5.32 Å². The number of hydrogen-bond donors (Lipinski definition) is 1. The summed E-state index contributed by atoms with van der Waals surface area (Å²) in [6, 6.07) is 9.93. The molecule has 0 unspecified atom stereocenters. The molecule has 0 atom stereocenters. The Bertz CT molecular complexity index is 925. The Morgan fingerprint density at radius 3 is 2.56 bits per heavy atom. The highest BCUT2D eigenvalue weighted by Crippen LogP contribution is 2.20. The van der Waals surface area contributed by atoms with Crippen LogP contribution in [0.25, 0.3) is 11.3 Å². The maximum atomic E-state index is 4.49. The van der Waals surface area contributed by atoms with Crippen molar-refractivity contribution in [3.63, 3.8) is 0 Å². The first-order chi connectivity index (χ1) is 12.1. The lowest BCUT2D eigenvalue weighted by atomic mass is 10.1. The lowest BCUT2D eigenvalue weighted by Gasteiger charge is -2.10. The molecule has 5 nitrogen and oxygen atoms in total. The summed E-state index contributed by atoms with van der Waals surface area (Å²) in [5, 5.41) is 3.33. The van der Waals surface area contributed by atoms with Crippen LogP contribution in [0, 0.1) is 13.8 Å². The second kappa shape index (κ2) is 7.51. The minimum Gasteiger partial charge on any atom is -0.352 e. The van der Waals surface area contributed by atoms with Crippen LogP contribution >= 0.6 is 0 Å². The van der Waals surface area contributed by atoms with Gasteiger partial charge in [0, 0.05) is 30.1 Å². The van der Waals surface area contributed by atoms with Gasteiger partial charge in [0.2, 0.25) is 0 Å². The summed E-state index contributed by atoms with van der Waals surface area (Å²) < 4.78 is 0. The summed E-state index contributed by atoms with van der Waals surface area (Å²) in [6.45, 7) is 7.57. The van der Waals surface area contributed by atoms with Crippen LogP contribution in [0.5, 0.6) is 0 Å². The van der Waals surface area contributed by atoms with E-state index in [2.05, 4.69) is 37.6 Å². The van der Waals surface area contributed by atoms with E-state index in [1.807, 2.05) is 44.2 Å². The summed E-state index contributed by atoms with van der Waals surface area (Å²) in [4.78, 5) is 17.2. The normalized spacial score (nSPS) is 10.2. The van der Waals surface area contributed by atoms with E-state index in [4.69, 9.17) is 0 Å². The first kappa shape index (κ1) is 16.6. The average molecular weight is 329 g/mol. The monoisotopic (exact) mass is 329 g/mol. The van der Waals surface area contributed by atoms with Crippen molar-refractivity contribution in [2.24, 2.45) is 0 Å². The SMILES string of the molecule is C=C=C(Cc1ccnc(C)n1)Nc1ccc(-c2cncc(C)n2)cc1. The maximum Gasteiger partial charge on any atom is 0.125 e. The van der Waals surface area contributed by atoms with Crippen molar-refractivity contribution in [1.82, 2.24) is 19.9 Å². The Balaban J connectivity index is 1.73. The molecular weight excluding hydrogens is 310 g/mol. The van der Waals surface area contributed by atoms with Crippen LogP contribution in [-0.4, -0.2) is 19.9 Å². The fourth-order valence-electron chi connectivity index (χ4n) is 2.44. The van der Waals surface area contributed by atoms with Crippen molar-refractivity contribution >= 4 is 5.69 Å². The molecule has 124 valence electrons. The third-order valence-corrected chi connectivity index (χ3v) is 3.64. The van der Waals surface area contributed by atoms with E-state index >= 15 is 0 Å². The topological polar surface area (TPSA) is 63.6 Å². The lowest BCUT2D eigenvalue weighted by Crippen LogP contribution is -2.04. The highest BCUT2D eigenvalue weighted by atomic mass is 14.9. The third kappa shape index (κ3) is 4.37. The maximum absolute atomic E-state index is 4.49. The van der Waals surface area contributed by atoms with Crippen molar-refractivity contribution in [2.45, 2.75) is 20.3 Å². The summed E-state index contributed by atoms with van der Waals surface area (Å²) in [5.41, 5.74) is 8.48. The standard InChI is InChI=1S/C20H19N5/c1-4-17(11-19-9-10-22-15(3)24-19)25-18-7-5-16(6-8-18)20-13-21-12-14(2)23-20/h5-10,12-13,25H,1,11H2,2-3H3. The number of allylic oxidation sites excluding steroid dienone is 1. The molecule has 0 spiro atoms. The zero-order chi connectivity index (χ0) is 17.6. The lowest BCUT2D eigenvalue weighted by molar-refractivity contribution is 0.961. The van der Waals surface area contributed by atoms with Crippen LogP contribution in [0.3, 0.4) is 0 Å². The number of nitrogens with zero attached hydrogens (tertiary/aromatic N) is 4. The van der Waals surface area contributed by atoms with Gasteiger partial charge in [0.15, 0.2) is 0 Å². The van der Waals surface area contributed by atoms with Crippen LogP contribution in [0.2, 0.25) is 0 Å². The zero-order valence-corrected chi connectivity index (χ0v) is 14.3. The fourth-order valence-corrected chi connectivity index (χ4v) is 2.44. The summed E-state index contributed by atoms with van der Waals surface area (Å²) in [5.74, 6) is 0.754. The molecular formula is C20H19N5. The Labute approximate surface area is 147 Å². The van der Waals surface area contributed by atoms with Gasteiger partial charge in [-0.15, -0.1) is 5.73 Å². The average Bonchev–Trinajstić information content (AvgIpc) is 2.62. The first-order valence-electron chi connectivity index (χ1n) is 7.97. The van der Waals surface area contributed by atoms with Crippen molar-refractivity contribution < 1.29 is 0 Å². The van der Waals surface area contributed by atoms with Gasteiger partial charge in [0.1, 0.15) is 5.82 Å². The molecule has 0 bridgehead atoms. The fraction of sp³-hybridized carbons (Fsp3) is 0.150. The number of rotatable bonds is 5. The number of anilines is 1. The third-order valence-electron chi connectivity index (χ3n) is 3.64. The summed E-state index contributed by atoms with van der Waals surface area (Å²) in [7, 11) is 0. The molecule has 0 fully saturated rings.